The molecule has 1 aromatic heterocycles. The van der Waals surface area contributed by atoms with E-state index in [1.54, 1.807) is 62.0 Å². The summed E-state index contributed by atoms with van der Waals surface area (Å²) in [5.41, 5.74) is 1.77. The average molecular weight is 435 g/mol. The summed E-state index contributed by atoms with van der Waals surface area (Å²) < 4.78 is 5.40. The lowest BCUT2D eigenvalue weighted by Crippen LogP contribution is -2.29. The first-order valence-electron chi connectivity index (χ1n) is 9.57. The Hall–Kier alpha value is -3.64. The van der Waals surface area contributed by atoms with E-state index >= 15 is 0 Å². The van der Waals surface area contributed by atoms with Gasteiger partial charge in [0.05, 0.1) is 25.3 Å². The fourth-order valence-corrected chi connectivity index (χ4v) is 3.83. The molecule has 0 aliphatic carbocycles. The smallest absolute Gasteiger partial charge is 0.295 e. The monoisotopic (exact) mass is 434 g/mol. The molecule has 2 aromatic carbocycles. The van der Waals surface area contributed by atoms with Crippen molar-refractivity contribution in [2.75, 3.05) is 7.11 Å². The number of carbonyl (C=O) groups excluding carboxylic acids is 2. The van der Waals surface area contributed by atoms with Crippen LogP contribution in [-0.4, -0.2) is 33.8 Å². The number of benzene rings is 2. The van der Waals surface area contributed by atoms with Crippen LogP contribution in [0.4, 0.5) is 0 Å². The molecule has 1 aliphatic rings. The second kappa shape index (κ2) is 8.62. The summed E-state index contributed by atoms with van der Waals surface area (Å²) in [7, 11) is 1.55. The number of pyridine rings is 1. The Morgan fingerprint density at radius 3 is 2.52 bits per heavy atom. The van der Waals surface area contributed by atoms with Gasteiger partial charge in [0.1, 0.15) is 11.5 Å². The van der Waals surface area contributed by atoms with Crippen LogP contribution in [0.3, 0.4) is 0 Å². The van der Waals surface area contributed by atoms with Crippen LogP contribution in [-0.2, 0) is 16.1 Å². The van der Waals surface area contributed by atoms with Gasteiger partial charge in [0.15, 0.2) is 0 Å². The molecule has 1 atom stereocenters. The summed E-state index contributed by atoms with van der Waals surface area (Å²) in [5.74, 6) is -1.11. The van der Waals surface area contributed by atoms with E-state index in [-0.39, 0.29) is 17.9 Å². The average Bonchev–Trinajstić information content (AvgIpc) is 3.05. The van der Waals surface area contributed by atoms with Crippen molar-refractivity contribution in [3.8, 4) is 5.75 Å². The number of amides is 1. The van der Waals surface area contributed by atoms with Crippen molar-refractivity contribution in [2.45, 2.75) is 12.6 Å². The lowest BCUT2D eigenvalue weighted by molar-refractivity contribution is -0.140. The van der Waals surface area contributed by atoms with Crippen molar-refractivity contribution >= 4 is 29.1 Å². The molecule has 31 heavy (non-hydrogen) atoms. The van der Waals surface area contributed by atoms with Gasteiger partial charge in [-0.05, 0) is 42.0 Å². The van der Waals surface area contributed by atoms with Gasteiger partial charge >= 0.3 is 0 Å². The highest BCUT2D eigenvalue weighted by atomic mass is 35.5. The van der Waals surface area contributed by atoms with E-state index in [4.69, 9.17) is 16.3 Å². The number of ether oxygens (including phenoxy) is 1. The molecular formula is C24H19ClN2O4. The Balaban J connectivity index is 1.85. The number of aliphatic hydroxyl groups is 1. The predicted molar refractivity (Wildman–Crippen MR) is 117 cm³/mol. The number of para-hydroxylation sites is 1. The minimum absolute atomic E-state index is 0.00946. The lowest BCUT2D eigenvalue weighted by Gasteiger charge is -2.25. The third kappa shape index (κ3) is 3.90. The summed E-state index contributed by atoms with van der Waals surface area (Å²) in [6.07, 6.45) is 3.19. The number of nitrogens with zero attached hydrogens (tertiary/aromatic N) is 2. The molecule has 1 unspecified atom stereocenters. The Morgan fingerprint density at radius 1 is 1.10 bits per heavy atom. The number of aliphatic hydroxyl groups excluding tert-OH is 1. The molecule has 7 heteroatoms. The third-order valence-corrected chi connectivity index (χ3v) is 5.44. The van der Waals surface area contributed by atoms with Gasteiger partial charge in [-0.2, -0.15) is 0 Å². The molecule has 1 aliphatic heterocycles. The van der Waals surface area contributed by atoms with Gasteiger partial charge in [-0.3, -0.25) is 14.6 Å². The first kappa shape index (κ1) is 20.6. The number of ketones is 1. The normalized spacial score (nSPS) is 17.7. The Labute approximate surface area is 184 Å². The molecule has 3 aromatic rings. The zero-order valence-electron chi connectivity index (χ0n) is 16.7. The molecule has 0 bridgehead atoms. The van der Waals surface area contributed by atoms with Crippen molar-refractivity contribution in [1.29, 1.82) is 0 Å². The Morgan fingerprint density at radius 2 is 1.84 bits per heavy atom. The summed E-state index contributed by atoms with van der Waals surface area (Å²) in [4.78, 5) is 31.6. The van der Waals surface area contributed by atoms with Crippen LogP contribution in [0, 0.1) is 0 Å². The highest BCUT2D eigenvalue weighted by molar-refractivity contribution is 6.46. The molecule has 0 spiro atoms. The van der Waals surface area contributed by atoms with Crippen LogP contribution >= 0.6 is 11.6 Å². The molecule has 4 rings (SSSR count). The van der Waals surface area contributed by atoms with Gasteiger partial charge in [0, 0.05) is 28.5 Å². The molecule has 156 valence electrons. The summed E-state index contributed by atoms with van der Waals surface area (Å²) in [6, 6.07) is 16.4. The standard InChI is InChI=1S/C24H19ClN2O4/c1-31-19-7-3-2-5-17(19)14-27-21(16-6-4-12-26-13-16)20(23(29)24(27)30)22(28)15-8-10-18(25)11-9-15/h2-13,21,28H,14H2,1H3/b22-20+. The lowest BCUT2D eigenvalue weighted by atomic mass is 9.96. The van der Waals surface area contributed by atoms with Crippen molar-refractivity contribution in [3.63, 3.8) is 0 Å². The Bertz CT molecular complexity index is 1160. The van der Waals surface area contributed by atoms with Gasteiger partial charge in [-0.15, -0.1) is 0 Å². The second-order valence-electron chi connectivity index (χ2n) is 7.03. The van der Waals surface area contributed by atoms with E-state index in [9.17, 15) is 14.7 Å². The third-order valence-electron chi connectivity index (χ3n) is 5.19. The molecular weight excluding hydrogens is 416 g/mol. The molecule has 0 radical (unpaired) electrons. The number of aromatic nitrogens is 1. The summed E-state index contributed by atoms with van der Waals surface area (Å²) in [6.45, 7) is 0.131. The number of methoxy groups -OCH3 is 1. The highest BCUT2D eigenvalue weighted by Crippen LogP contribution is 2.40. The van der Waals surface area contributed by atoms with E-state index in [0.29, 0.717) is 21.9 Å². The van der Waals surface area contributed by atoms with Crippen molar-refractivity contribution in [1.82, 2.24) is 9.88 Å². The van der Waals surface area contributed by atoms with Gasteiger partial charge in [-0.1, -0.05) is 35.9 Å². The van der Waals surface area contributed by atoms with Crippen molar-refractivity contribution in [3.05, 3.63) is 100 Å². The van der Waals surface area contributed by atoms with E-state index in [0.717, 1.165) is 5.56 Å². The topological polar surface area (TPSA) is 79.7 Å². The number of likely N-dealkylation sites (tertiary alicyclic amines) is 1. The molecule has 6 nitrogen and oxygen atoms in total. The predicted octanol–water partition coefficient (Wildman–Crippen LogP) is 4.37. The van der Waals surface area contributed by atoms with Gasteiger partial charge in [-0.25, -0.2) is 0 Å². The van der Waals surface area contributed by atoms with E-state index in [1.807, 2.05) is 18.2 Å². The van der Waals surface area contributed by atoms with E-state index < -0.39 is 17.7 Å². The number of hydrogen-bond donors (Lipinski definition) is 1. The number of Topliss-reactive ketones (excluding diaryl/α,β-unsaturated/α-hetero) is 1. The molecule has 1 fully saturated rings. The Kier molecular flexibility index (Phi) is 5.73. The SMILES string of the molecule is COc1ccccc1CN1C(=O)C(=O)/C(=C(/O)c2ccc(Cl)cc2)C1c1cccnc1. The van der Waals surface area contributed by atoms with Crippen molar-refractivity contribution < 1.29 is 19.4 Å². The van der Waals surface area contributed by atoms with Crippen LogP contribution in [0.15, 0.2) is 78.6 Å². The molecule has 2 heterocycles. The van der Waals surface area contributed by atoms with Gasteiger partial charge in [0.2, 0.25) is 0 Å². The maximum absolute atomic E-state index is 13.0. The van der Waals surface area contributed by atoms with Crippen LogP contribution < -0.4 is 4.74 Å². The molecule has 1 amide bonds. The minimum Gasteiger partial charge on any atom is -0.507 e. The quantitative estimate of drug-likeness (QED) is 0.366. The zero-order valence-corrected chi connectivity index (χ0v) is 17.4. The maximum atomic E-state index is 13.0. The number of hydrogen-bond acceptors (Lipinski definition) is 5. The first-order valence-corrected chi connectivity index (χ1v) is 9.95. The van der Waals surface area contributed by atoms with Crippen LogP contribution in [0.2, 0.25) is 5.02 Å². The number of rotatable bonds is 5. The largest absolute Gasteiger partial charge is 0.507 e. The first-order chi connectivity index (χ1) is 15.0. The fraction of sp³-hybridized carbons (Fsp3) is 0.125. The van der Waals surface area contributed by atoms with Gasteiger partial charge < -0.3 is 14.7 Å². The molecule has 0 saturated carbocycles. The summed E-state index contributed by atoms with van der Waals surface area (Å²) in [5, 5.41) is 11.5. The highest BCUT2D eigenvalue weighted by Gasteiger charge is 2.46. The minimum atomic E-state index is -0.797. The van der Waals surface area contributed by atoms with E-state index in [2.05, 4.69) is 4.98 Å². The second-order valence-corrected chi connectivity index (χ2v) is 7.47. The molecule has 1 saturated heterocycles. The maximum Gasteiger partial charge on any atom is 0.295 e. The number of carbonyl (C=O) groups is 2. The van der Waals surface area contributed by atoms with Crippen LogP contribution in [0.5, 0.6) is 5.75 Å². The van der Waals surface area contributed by atoms with E-state index in [1.165, 1.54) is 4.90 Å². The number of halogens is 1. The van der Waals surface area contributed by atoms with Crippen LogP contribution in [0.1, 0.15) is 22.7 Å². The molecule has 1 N–H and O–H groups in total. The van der Waals surface area contributed by atoms with Crippen molar-refractivity contribution in [2.24, 2.45) is 0 Å². The zero-order chi connectivity index (χ0) is 22.0. The van der Waals surface area contributed by atoms with Crippen LogP contribution in [0.25, 0.3) is 5.76 Å². The fourth-order valence-electron chi connectivity index (χ4n) is 3.71. The summed E-state index contributed by atoms with van der Waals surface area (Å²) >= 11 is 5.95. The van der Waals surface area contributed by atoms with Gasteiger partial charge in [0.25, 0.3) is 11.7 Å².